The summed E-state index contributed by atoms with van der Waals surface area (Å²) in [7, 11) is 0. The molecule has 112 valence electrons. The summed E-state index contributed by atoms with van der Waals surface area (Å²) in [5.41, 5.74) is -1.64. The Labute approximate surface area is 114 Å². The number of anilines is 1. The maximum absolute atomic E-state index is 12.6. The normalized spacial score (nSPS) is 13.1. The molecule has 0 saturated carbocycles. The van der Waals surface area contributed by atoms with Gasteiger partial charge in [0.25, 0.3) is 0 Å². The highest BCUT2D eigenvalue weighted by Gasteiger charge is 2.35. The van der Waals surface area contributed by atoms with Gasteiger partial charge in [-0.15, -0.1) is 0 Å². The van der Waals surface area contributed by atoms with Gasteiger partial charge in [0.1, 0.15) is 0 Å². The highest BCUT2D eigenvalue weighted by Crippen LogP contribution is 2.33. The van der Waals surface area contributed by atoms with Crippen LogP contribution in [0.15, 0.2) is 18.2 Å². The smallest absolute Gasteiger partial charge is 0.417 e. The molecule has 7 heteroatoms. The monoisotopic (exact) mass is 291 g/mol. The topological polar surface area (TPSA) is 69.6 Å². The van der Waals surface area contributed by atoms with Crippen molar-refractivity contribution in [2.45, 2.75) is 19.5 Å². The van der Waals surface area contributed by atoms with Gasteiger partial charge in [-0.1, -0.05) is 6.92 Å². The lowest BCUT2D eigenvalue weighted by Gasteiger charge is -2.15. The fourth-order valence-electron chi connectivity index (χ4n) is 1.69. The summed E-state index contributed by atoms with van der Waals surface area (Å²) < 4.78 is 37.9. The Balaban J connectivity index is 2.91. The van der Waals surface area contributed by atoms with E-state index in [0.717, 1.165) is 12.1 Å². The molecule has 20 heavy (non-hydrogen) atoms. The summed E-state index contributed by atoms with van der Waals surface area (Å²) in [6.45, 7) is 2.33. The zero-order valence-electron chi connectivity index (χ0n) is 10.9. The molecule has 0 amide bonds. The van der Waals surface area contributed by atoms with E-state index in [2.05, 4.69) is 5.32 Å². The number of hydrogen-bond donors (Lipinski definition) is 3. The van der Waals surface area contributed by atoms with Crippen molar-refractivity contribution >= 4 is 11.7 Å². The average Bonchev–Trinajstić information content (AvgIpc) is 2.35. The van der Waals surface area contributed by atoms with E-state index in [1.165, 1.54) is 6.07 Å². The van der Waals surface area contributed by atoms with Gasteiger partial charge in [0.15, 0.2) is 0 Å². The molecule has 3 N–H and O–H groups in total. The zero-order valence-corrected chi connectivity index (χ0v) is 10.9. The van der Waals surface area contributed by atoms with Crippen molar-refractivity contribution < 1.29 is 28.2 Å². The maximum Gasteiger partial charge on any atom is 0.417 e. The standard InChI is InChI=1S/C13H16F3NO3/c1-8(4-5-18)7-17-9-2-3-11(13(14,15)16)10(6-9)12(19)20/h2-3,6,8,17-18H,4-5,7H2,1H3,(H,19,20). The van der Waals surface area contributed by atoms with Crippen LogP contribution in [0.25, 0.3) is 0 Å². The molecule has 0 bridgehead atoms. The van der Waals surface area contributed by atoms with E-state index < -0.39 is 23.3 Å². The van der Waals surface area contributed by atoms with Crippen LogP contribution < -0.4 is 5.32 Å². The van der Waals surface area contributed by atoms with E-state index in [-0.39, 0.29) is 12.5 Å². The number of halogens is 3. The second-order valence-electron chi connectivity index (χ2n) is 4.56. The van der Waals surface area contributed by atoms with E-state index in [1.54, 1.807) is 0 Å². The molecule has 1 rings (SSSR count). The predicted molar refractivity (Wildman–Crippen MR) is 67.8 cm³/mol. The fourth-order valence-corrected chi connectivity index (χ4v) is 1.69. The van der Waals surface area contributed by atoms with Crippen LogP contribution in [0.5, 0.6) is 0 Å². The minimum atomic E-state index is -4.70. The first-order valence-corrected chi connectivity index (χ1v) is 6.05. The summed E-state index contributed by atoms with van der Waals surface area (Å²) in [6, 6.07) is 2.92. The van der Waals surface area contributed by atoms with Crippen molar-refractivity contribution in [2.24, 2.45) is 5.92 Å². The van der Waals surface area contributed by atoms with E-state index in [1.807, 2.05) is 6.92 Å². The molecule has 1 unspecified atom stereocenters. The molecule has 1 aromatic carbocycles. The number of rotatable bonds is 6. The minimum absolute atomic E-state index is 0.0240. The van der Waals surface area contributed by atoms with E-state index in [0.29, 0.717) is 18.7 Å². The number of benzene rings is 1. The molecule has 0 fully saturated rings. The lowest BCUT2D eigenvalue weighted by atomic mass is 10.1. The van der Waals surface area contributed by atoms with E-state index in [4.69, 9.17) is 10.2 Å². The molecule has 0 saturated heterocycles. The summed E-state index contributed by atoms with van der Waals surface area (Å²) in [6.07, 6.45) is -4.14. The first kappa shape index (κ1) is 16.3. The Hall–Kier alpha value is -1.76. The number of carboxylic acid groups (broad SMARTS) is 1. The lowest BCUT2D eigenvalue weighted by molar-refractivity contribution is -0.138. The third-order valence-corrected chi connectivity index (χ3v) is 2.83. The van der Waals surface area contributed by atoms with Crippen LogP contribution in [0.3, 0.4) is 0 Å². The largest absolute Gasteiger partial charge is 0.478 e. The van der Waals surface area contributed by atoms with Crippen LogP contribution in [-0.4, -0.2) is 29.3 Å². The summed E-state index contributed by atoms with van der Waals surface area (Å²) in [4.78, 5) is 10.9. The van der Waals surface area contributed by atoms with Gasteiger partial charge < -0.3 is 15.5 Å². The van der Waals surface area contributed by atoms with E-state index >= 15 is 0 Å². The van der Waals surface area contributed by atoms with Crippen molar-refractivity contribution in [3.8, 4) is 0 Å². The first-order chi connectivity index (χ1) is 9.25. The van der Waals surface area contributed by atoms with Crippen LogP contribution in [0.4, 0.5) is 18.9 Å². The second kappa shape index (κ2) is 6.60. The van der Waals surface area contributed by atoms with Gasteiger partial charge in [0, 0.05) is 18.8 Å². The Bertz CT molecular complexity index is 474. The van der Waals surface area contributed by atoms with Crippen molar-refractivity contribution in [1.82, 2.24) is 0 Å². The van der Waals surface area contributed by atoms with Gasteiger partial charge in [0.05, 0.1) is 11.1 Å². The summed E-state index contributed by atoms with van der Waals surface area (Å²) >= 11 is 0. The Morgan fingerprint density at radius 2 is 2.05 bits per heavy atom. The molecular weight excluding hydrogens is 275 g/mol. The molecule has 0 radical (unpaired) electrons. The van der Waals surface area contributed by atoms with Crippen molar-refractivity contribution in [1.29, 1.82) is 0 Å². The molecule has 0 aliphatic carbocycles. The van der Waals surface area contributed by atoms with Gasteiger partial charge >= 0.3 is 12.1 Å². The van der Waals surface area contributed by atoms with Gasteiger partial charge in [-0.3, -0.25) is 0 Å². The SMILES string of the molecule is CC(CCO)CNc1ccc(C(F)(F)F)c(C(=O)O)c1. The number of nitrogens with one attached hydrogen (secondary N) is 1. The Morgan fingerprint density at radius 3 is 2.55 bits per heavy atom. The van der Waals surface area contributed by atoms with Crippen molar-refractivity contribution in [3.63, 3.8) is 0 Å². The number of carboxylic acids is 1. The first-order valence-electron chi connectivity index (χ1n) is 6.05. The molecule has 1 aromatic rings. The van der Waals surface area contributed by atoms with Gasteiger partial charge in [-0.05, 0) is 30.5 Å². The van der Waals surface area contributed by atoms with Crippen molar-refractivity contribution in [3.05, 3.63) is 29.3 Å². The number of aromatic carboxylic acids is 1. The molecular formula is C13H16F3NO3. The van der Waals surface area contributed by atoms with Crippen LogP contribution >= 0.6 is 0 Å². The minimum Gasteiger partial charge on any atom is -0.478 e. The highest BCUT2D eigenvalue weighted by atomic mass is 19.4. The van der Waals surface area contributed by atoms with Gasteiger partial charge in [0.2, 0.25) is 0 Å². The van der Waals surface area contributed by atoms with Gasteiger partial charge in [-0.25, -0.2) is 4.79 Å². The highest BCUT2D eigenvalue weighted by molar-refractivity contribution is 5.91. The Kier molecular flexibility index (Phi) is 5.38. The number of aliphatic hydroxyl groups is 1. The van der Waals surface area contributed by atoms with Crippen molar-refractivity contribution in [2.75, 3.05) is 18.5 Å². The third-order valence-electron chi connectivity index (χ3n) is 2.83. The fraction of sp³-hybridized carbons (Fsp3) is 0.462. The van der Waals surface area contributed by atoms with Crippen LogP contribution in [0.1, 0.15) is 29.3 Å². The predicted octanol–water partition coefficient (Wildman–Crippen LogP) is 2.83. The lowest BCUT2D eigenvalue weighted by Crippen LogP contribution is -2.15. The zero-order chi connectivity index (χ0) is 15.3. The molecule has 0 aliphatic rings. The van der Waals surface area contributed by atoms with Crippen LogP contribution in [0.2, 0.25) is 0 Å². The molecule has 1 atom stereocenters. The summed E-state index contributed by atoms with van der Waals surface area (Å²) in [5.74, 6) is -1.50. The molecule has 0 aromatic heterocycles. The number of carbonyl (C=O) groups is 1. The Morgan fingerprint density at radius 1 is 1.40 bits per heavy atom. The molecule has 0 aliphatic heterocycles. The van der Waals surface area contributed by atoms with Crippen LogP contribution in [0, 0.1) is 5.92 Å². The third kappa shape index (κ3) is 4.41. The second-order valence-corrected chi connectivity index (χ2v) is 4.56. The average molecular weight is 291 g/mol. The molecule has 4 nitrogen and oxygen atoms in total. The number of alkyl halides is 3. The molecule has 0 heterocycles. The van der Waals surface area contributed by atoms with E-state index in [9.17, 15) is 18.0 Å². The number of hydrogen-bond acceptors (Lipinski definition) is 3. The summed E-state index contributed by atoms with van der Waals surface area (Å²) in [5, 5.41) is 20.5. The number of aliphatic hydroxyl groups excluding tert-OH is 1. The molecule has 0 spiro atoms. The van der Waals surface area contributed by atoms with Crippen LogP contribution in [-0.2, 0) is 6.18 Å². The van der Waals surface area contributed by atoms with Gasteiger partial charge in [-0.2, -0.15) is 13.2 Å². The quantitative estimate of drug-likeness (QED) is 0.754. The maximum atomic E-state index is 12.6.